The molecule has 0 atom stereocenters. The molecule has 0 unspecified atom stereocenters. The zero-order valence-corrected chi connectivity index (χ0v) is 11.7. The molecule has 19 heavy (non-hydrogen) atoms. The summed E-state index contributed by atoms with van der Waals surface area (Å²) in [5, 5.41) is 5.46. The first-order valence-corrected chi connectivity index (χ1v) is 6.05. The first kappa shape index (κ1) is 15.0. The van der Waals surface area contributed by atoms with E-state index in [-0.39, 0.29) is 11.4 Å². The Morgan fingerprint density at radius 3 is 2.21 bits per heavy atom. The van der Waals surface area contributed by atoms with Crippen LogP contribution in [0.4, 0.5) is 4.79 Å². The lowest BCUT2D eigenvalue weighted by Gasteiger charge is -2.20. The average Bonchev–Trinajstić information content (AvgIpc) is 2.34. The predicted molar refractivity (Wildman–Crippen MR) is 72.9 cm³/mol. The van der Waals surface area contributed by atoms with Crippen LogP contribution in [-0.4, -0.2) is 24.6 Å². The summed E-state index contributed by atoms with van der Waals surface area (Å²) in [5.74, 6) is -0.111. The maximum absolute atomic E-state index is 11.9. The molecule has 0 aromatic heterocycles. The van der Waals surface area contributed by atoms with Crippen LogP contribution >= 0.6 is 0 Å². The highest BCUT2D eigenvalue weighted by molar-refractivity contribution is 5.94. The molecule has 0 aliphatic carbocycles. The third-order valence-corrected chi connectivity index (χ3v) is 2.33. The van der Waals surface area contributed by atoms with E-state index < -0.39 is 6.09 Å². The fourth-order valence-corrected chi connectivity index (χ4v) is 1.43. The smallest absolute Gasteiger partial charge is 0.407 e. The van der Waals surface area contributed by atoms with Crippen LogP contribution in [0.5, 0.6) is 0 Å². The SMILES string of the molecule is COC(=O)NCc1ccc(C(=O)NC(C)(C)C)cc1. The van der Waals surface area contributed by atoms with Crippen molar-refractivity contribution in [2.75, 3.05) is 7.11 Å². The summed E-state index contributed by atoms with van der Waals surface area (Å²) in [6, 6.07) is 7.06. The monoisotopic (exact) mass is 264 g/mol. The number of hydrogen-bond donors (Lipinski definition) is 2. The van der Waals surface area contributed by atoms with Gasteiger partial charge >= 0.3 is 6.09 Å². The topological polar surface area (TPSA) is 67.4 Å². The van der Waals surface area contributed by atoms with Gasteiger partial charge in [-0.25, -0.2) is 4.79 Å². The number of carbonyl (C=O) groups excluding carboxylic acids is 2. The Labute approximate surface area is 113 Å². The van der Waals surface area contributed by atoms with Gasteiger partial charge in [0.15, 0.2) is 0 Å². The zero-order valence-electron chi connectivity index (χ0n) is 11.7. The molecule has 104 valence electrons. The molecule has 1 aromatic carbocycles. The molecule has 1 aromatic rings. The highest BCUT2D eigenvalue weighted by Crippen LogP contribution is 2.07. The lowest BCUT2D eigenvalue weighted by Crippen LogP contribution is -2.40. The molecule has 0 spiro atoms. The Morgan fingerprint density at radius 1 is 1.16 bits per heavy atom. The lowest BCUT2D eigenvalue weighted by atomic mass is 10.1. The lowest BCUT2D eigenvalue weighted by molar-refractivity contribution is 0.0919. The van der Waals surface area contributed by atoms with Crippen molar-refractivity contribution in [1.82, 2.24) is 10.6 Å². The molecule has 0 saturated heterocycles. The Balaban J connectivity index is 2.61. The molecule has 0 aliphatic heterocycles. The Kier molecular flexibility index (Phi) is 4.92. The molecule has 2 amide bonds. The Bertz CT molecular complexity index is 447. The van der Waals surface area contributed by atoms with Gasteiger partial charge in [-0.05, 0) is 38.5 Å². The quantitative estimate of drug-likeness (QED) is 0.878. The summed E-state index contributed by atoms with van der Waals surface area (Å²) in [4.78, 5) is 22.8. The van der Waals surface area contributed by atoms with E-state index in [0.717, 1.165) is 5.56 Å². The van der Waals surface area contributed by atoms with Crippen molar-refractivity contribution < 1.29 is 14.3 Å². The number of nitrogens with one attached hydrogen (secondary N) is 2. The first-order chi connectivity index (χ1) is 8.81. The van der Waals surface area contributed by atoms with Gasteiger partial charge in [-0.2, -0.15) is 0 Å². The van der Waals surface area contributed by atoms with Crippen LogP contribution in [0.3, 0.4) is 0 Å². The number of rotatable bonds is 3. The number of amides is 2. The van der Waals surface area contributed by atoms with E-state index in [1.54, 1.807) is 24.3 Å². The maximum atomic E-state index is 11.9. The number of hydrogen-bond acceptors (Lipinski definition) is 3. The Morgan fingerprint density at radius 2 is 1.74 bits per heavy atom. The molecule has 0 radical (unpaired) electrons. The minimum Gasteiger partial charge on any atom is -0.453 e. The number of alkyl carbamates (subject to hydrolysis) is 1. The van der Waals surface area contributed by atoms with Crippen LogP contribution in [-0.2, 0) is 11.3 Å². The van der Waals surface area contributed by atoms with E-state index in [1.807, 2.05) is 20.8 Å². The van der Waals surface area contributed by atoms with Crippen LogP contribution in [0, 0.1) is 0 Å². The van der Waals surface area contributed by atoms with E-state index in [2.05, 4.69) is 15.4 Å². The summed E-state index contributed by atoms with van der Waals surface area (Å²) >= 11 is 0. The van der Waals surface area contributed by atoms with Crippen LogP contribution in [0.2, 0.25) is 0 Å². The first-order valence-electron chi connectivity index (χ1n) is 6.05. The molecule has 0 aliphatic rings. The summed E-state index contributed by atoms with van der Waals surface area (Å²) in [6.07, 6.45) is -0.477. The third-order valence-electron chi connectivity index (χ3n) is 2.33. The van der Waals surface area contributed by atoms with Gasteiger partial charge < -0.3 is 15.4 Å². The van der Waals surface area contributed by atoms with Gasteiger partial charge in [0, 0.05) is 17.6 Å². The molecular weight excluding hydrogens is 244 g/mol. The molecule has 0 saturated carbocycles. The van der Waals surface area contributed by atoms with Gasteiger partial charge in [-0.15, -0.1) is 0 Å². The third kappa shape index (κ3) is 5.42. The van der Waals surface area contributed by atoms with Gasteiger partial charge in [-0.3, -0.25) is 4.79 Å². The Hall–Kier alpha value is -2.04. The van der Waals surface area contributed by atoms with E-state index in [1.165, 1.54) is 7.11 Å². The van der Waals surface area contributed by atoms with Crippen molar-refractivity contribution in [3.63, 3.8) is 0 Å². The van der Waals surface area contributed by atoms with Gasteiger partial charge in [-0.1, -0.05) is 12.1 Å². The summed E-state index contributed by atoms with van der Waals surface area (Å²) in [6.45, 7) is 6.16. The normalized spacial score (nSPS) is 10.7. The van der Waals surface area contributed by atoms with Gasteiger partial charge in [0.25, 0.3) is 5.91 Å². The van der Waals surface area contributed by atoms with Crippen LogP contribution in [0.15, 0.2) is 24.3 Å². The second-order valence-corrected chi connectivity index (χ2v) is 5.25. The molecule has 0 fully saturated rings. The second-order valence-electron chi connectivity index (χ2n) is 5.25. The number of carbonyl (C=O) groups is 2. The van der Waals surface area contributed by atoms with Crippen molar-refractivity contribution in [3.05, 3.63) is 35.4 Å². The van der Waals surface area contributed by atoms with Crippen molar-refractivity contribution >= 4 is 12.0 Å². The standard InChI is InChI=1S/C14H20N2O3/c1-14(2,3)16-12(17)11-7-5-10(6-8-11)9-15-13(18)19-4/h5-8H,9H2,1-4H3,(H,15,18)(H,16,17). The molecule has 2 N–H and O–H groups in total. The van der Waals surface area contributed by atoms with Crippen molar-refractivity contribution in [2.24, 2.45) is 0 Å². The summed E-state index contributed by atoms with van der Waals surface area (Å²) in [5.41, 5.74) is 1.23. The van der Waals surface area contributed by atoms with Crippen molar-refractivity contribution in [2.45, 2.75) is 32.9 Å². The molecule has 5 nitrogen and oxygen atoms in total. The van der Waals surface area contributed by atoms with E-state index in [4.69, 9.17) is 0 Å². The molecule has 1 rings (SSSR count). The molecule has 0 heterocycles. The molecule has 0 bridgehead atoms. The fourth-order valence-electron chi connectivity index (χ4n) is 1.43. The van der Waals surface area contributed by atoms with Crippen LogP contribution in [0.25, 0.3) is 0 Å². The number of benzene rings is 1. The second kappa shape index (κ2) is 6.22. The molecule has 5 heteroatoms. The van der Waals surface area contributed by atoms with E-state index in [0.29, 0.717) is 12.1 Å². The molecular formula is C14H20N2O3. The highest BCUT2D eigenvalue weighted by atomic mass is 16.5. The summed E-state index contributed by atoms with van der Waals surface area (Å²) < 4.78 is 4.47. The minimum absolute atomic E-state index is 0.111. The largest absolute Gasteiger partial charge is 0.453 e. The van der Waals surface area contributed by atoms with Gasteiger partial charge in [0.1, 0.15) is 0 Å². The fraction of sp³-hybridized carbons (Fsp3) is 0.429. The van der Waals surface area contributed by atoms with Crippen molar-refractivity contribution in [1.29, 1.82) is 0 Å². The number of methoxy groups -OCH3 is 1. The number of ether oxygens (including phenoxy) is 1. The predicted octanol–water partition coefficient (Wildman–Crippen LogP) is 2.07. The summed E-state index contributed by atoms with van der Waals surface area (Å²) in [7, 11) is 1.31. The van der Waals surface area contributed by atoms with Crippen molar-refractivity contribution in [3.8, 4) is 0 Å². The minimum atomic E-state index is -0.477. The zero-order chi connectivity index (χ0) is 14.5. The van der Waals surface area contributed by atoms with E-state index in [9.17, 15) is 9.59 Å². The maximum Gasteiger partial charge on any atom is 0.407 e. The average molecular weight is 264 g/mol. The van der Waals surface area contributed by atoms with Gasteiger partial charge in [0.2, 0.25) is 0 Å². The van der Waals surface area contributed by atoms with Crippen LogP contribution in [0.1, 0.15) is 36.7 Å². The van der Waals surface area contributed by atoms with E-state index >= 15 is 0 Å². The highest BCUT2D eigenvalue weighted by Gasteiger charge is 2.14. The van der Waals surface area contributed by atoms with Crippen LogP contribution < -0.4 is 10.6 Å². The van der Waals surface area contributed by atoms with Gasteiger partial charge in [0.05, 0.1) is 7.11 Å².